The molecule has 8 heteroatoms. The predicted octanol–water partition coefficient (Wildman–Crippen LogP) is 0.625. The summed E-state index contributed by atoms with van der Waals surface area (Å²) in [6, 6.07) is 5.80. The van der Waals surface area contributed by atoms with Crippen molar-refractivity contribution >= 4 is 15.7 Å². The number of nitrogens with zero attached hydrogens (tertiary/aromatic N) is 1. The number of nitrogens with one attached hydrogen (secondary N) is 2. The average molecular weight is 285 g/mol. The van der Waals surface area contributed by atoms with Gasteiger partial charge in [0.15, 0.2) is 4.90 Å². The summed E-state index contributed by atoms with van der Waals surface area (Å²) in [6.45, 7) is 0.732. The van der Waals surface area contributed by atoms with E-state index in [1.165, 1.54) is 24.3 Å². The number of hydrogen-bond acceptors (Lipinski definition) is 5. The zero-order valence-electron chi connectivity index (χ0n) is 10.2. The molecule has 0 heterocycles. The fourth-order valence-corrected chi connectivity index (χ4v) is 2.86. The lowest BCUT2D eigenvalue weighted by Gasteiger charge is -2.07. The number of sulfonamides is 1. The molecule has 2 rings (SSSR count). The Morgan fingerprint density at radius 1 is 1.26 bits per heavy atom. The topological polar surface area (TPSA) is 101 Å². The number of nitro groups is 1. The Morgan fingerprint density at radius 2 is 1.95 bits per heavy atom. The zero-order valence-corrected chi connectivity index (χ0v) is 11.0. The number of benzene rings is 1. The fourth-order valence-electron chi connectivity index (χ4n) is 1.66. The van der Waals surface area contributed by atoms with Crippen LogP contribution in [0.3, 0.4) is 0 Å². The summed E-state index contributed by atoms with van der Waals surface area (Å²) in [5, 5.41) is 14.0. The highest BCUT2D eigenvalue weighted by Crippen LogP contribution is 2.22. The van der Waals surface area contributed by atoms with E-state index >= 15 is 0 Å². The summed E-state index contributed by atoms with van der Waals surface area (Å²) in [5.74, 6) is 0. The van der Waals surface area contributed by atoms with Crippen molar-refractivity contribution in [2.24, 2.45) is 0 Å². The highest BCUT2D eigenvalue weighted by Gasteiger charge is 2.25. The molecule has 19 heavy (non-hydrogen) atoms. The lowest BCUT2D eigenvalue weighted by Crippen LogP contribution is -2.33. The van der Waals surface area contributed by atoms with Gasteiger partial charge in [0.25, 0.3) is 5.69 Å². The van der Waals surface area contributed by atoms with Crippen molar-refractivity contribution in [3.05, 3.63) is 34.4 Å². The molecule has 0 bridgehead atoms. The first kappa shape index (κ1) is 13.9. The quantitative estimate of drug-likeness (QED) is 0.434. The molecular formula is C11H15N3O4S. The van der Waals surface area contributed by atoms with Gasteiger partial charge < -0.3 is 5.32 Å². The lowest BCUT2D eigenvalue weighted by atomic mass is 10.3. The van der Waals surface area contributed by atoms with E-state index in [2.05, 4.69) is 10.0 Å². The number of nitro benzene ring substituents is 1. The molecule has 0 saturated heterocycles. The Hall–Kier alpha value is -1.51. The van der Waals surface area contributed by atoms with E-state index in [1.807, 2.05) is 0 Å². The number of para-hydroxylation sites is 1. The van der Waals surface area contributed by atoms with Gasteiger partial charge in [-0.25, -0.2) is 13.1 Å². The van der Waals surface area contributed by atoms with Crippen molar-refractivity contribution in [2.45, 2.75) is 23.8 Å². The van der Waals surface area contributed by atoms with E-state index in [-0.39, 0.29) is 11.4 Å². The van der Waals surface area contributed by atoms with Crippen molar-refractivity contribution in [3.63, 3.8) is 0 Å². The third kappa shape index (κ3) is 3.72. The van der Waals surface area contributed by atoms with Crippen molar-refractivity contribution < 1.29 is 13.3 Å². The maximum absolute atomic E-state index is 12.0. The Bertz CT molecular complexity index is 569. The second kappa shape index (κ2) is 5.64. The summed E-state index contributed by atoms with van der Waals surface area (Å²) in [6.07, 6.45) is 2.24. The minimum absolute atomic E-state index is 0.213. The second-order valence-corrected chi connectivity index (χ2v) is 6.09. The molecule has 104 valence electrons. The Morgan fingerprint density at radius 3 is 2.58 bits per heavy atom. The van der Waals surface area contributed by atoms with E-state index in [1.54, 1.807) is 0 Å². The summed E-state index contributed by atoms with van der Waals surface area (Å²) >= 11 is 0. The molecule has 1 aliphatic carbocycles. The first-order valence-electron chi connectivity index (χ1n) is 5.97. The van der Waals surface area contributed by atoms with Gasteiger partial charge in [-0.2, -0.15) is 0 Å². The molecule has 2 N–H and O–H groups in total. The van der Waals surface area contributed by atoms with Gasteiger partial charge in [-0.15, -0.1) is 0 Å². The van der Waals surface area contributed by atoms with Gasteiger partial charge in [0, 0.05) is 25.2 Å². The average Bonchev–Trinajstić information content (AvgIpc) is 3.19. The Balaban J connectivity index is 2.03. The molecule has 1 aromatic rings. The van der Waals surface area contributed by atoms with E-state index in [9.17, 15) is 18.5 Å². The SMILES string of the molecule is O=[N+]([O-])c1ccccc1S(=O)(=O)NCCNC1CC1. The van der Waals surface area contributed by atoms with Gasteiger partial charge >= 0.3 is 0 Å². The van der Waals surface area contributed by atoms with E-state index in [0.29, 0.717) is 12.6 Å². The van der Waals surface area contributed by atoms with Crippen LogP contribution in [-0.4, -0.2) is 32.5 Å². The molecule has 0 amide bonds. The summed E-state index contributed by atoms with van der Waals surface area (Å²) in [7, 11) is -3.85. The monoisotopic (exact) mass is 285 g/mol. The third-order valence-electron chi connectivity index (χ3n) is 2.78. The largest absolute Gasteiger partial charge is 0.313 e. The van der Waals surface area contributed by atoms with Crippen LogP contribution in [-0.2, 0) is 10.0 Å². The van der Waals surface area contributed by atoms with Crippen LogP contribution in [0.4, 0.5) is 5.69 Å². The molecule has 7 nitrogen and oxygen atoms in total. The molecule has 1 aliphatic rings. The van der Waals surface area contributed by atoms with Gasteiger partial charge in [-0.3, -0.25) is 10.1 Å². The smallest absolute Gasteiger partial charge is 0.289 e. The maximum atomic E-state index is 12.0. The number of hydrogen-bond donors (Lipinski definition) is 2. The molecular weight excluding hydrogens is 270 g/mol. The van der Waals surface area contributed by atoms with Gasteiger partial charge in [-0.1, -0.05) is 12.1 Å². The van der Waals surface area contributed by atoms with Crippen LogP contribution in [0.1, 0.15) is 12.8 Å². The Kier molecular flexibility index (Phi) is 4.13. The number of rotatable bonds is 7. The minimum atomic E-state index is -3.85. The molecule has 0 aromatic heterocycles. The van der Waals surface area contributed by atoms with E-state index in [4.69, 9.17) is 0 Å². The maximum Gasteiger partial charge on any atom is 0.289 e. The zero-order chi connectivity index (χ0) is 13.9. The van der Waals surface area contributed by atoms with Gasteiger partial charge in [0.2, 0.25) is 10.0 Å². The minimum Gasteiger partial charge on any atom is -0.313 e. The summed E-state index contributed by atoms with van der Waals surface area (Å²) in [5.41, 5.74) is -0.412. The normalized spacial score (nSPS) is 15.4. The van der Waals surface area contributed by atoms with Gasteiger partial charge in [-0.05, 0) is 18.9 Å². The van der Waals surface area contributed by atoms with E-state index in [0.717, 1.165) is 12.8 Å². The highest BCUT2D eigenvalue weighted by molar-refractivity contribution is 7.89. The molecule has 0 atom stereocenters. The van der Waals surface area contributed by atoms with Crippen LogP contribution in [0.25, 0.3) is 0 Å². The van der Waals surface area contributed by atoms with Crippen LogP contribution >= 0.6 is 0 Å². The third-order valence-corrected chi connectivity index (χ3v) is 4.29. The van der Waals surface area contributed by atoms with Crippen molar-refractivity contribution in [1.29, 1.82) is 0 Å². The van der Waals surface area contributed by atoms with Gasteiger partial charge in [0.1, 0.15) is 0 Å². The van der Waals surface area contributed by atoms with Crippen molar-refractivity contribution in [2.75, 3.05) is 13.1 Å². The summed E-state index contributed by atoms with van der Waals surface area (Å²) in [4.78, 5) is 9.80. The van der Waals surface area contributed by atoms with E-state index < -0.39 is 20.6 Å². The first-order chi connectivity index (χ1) is 9.00. The molecule has 0 unspecified atom stereocenters. The first-order valence-corrected chi connectivity index (χ1v) is 7.45. The van der Waals surface area contributed by atoms with Crippen LogP contribution in [0.5, 0.6) is 0 Å². The van der Waals surface area contributed by atoms with Crippen LogP contribution in [0.2, 0.25) is 0 Å². The second-order valence-electron chi connectivity index (χ2n) is 4.35. The molecule has 1 aromatic carbocycles. The van der Waals surface area contributed by atoms with Crippen molar-refractivity contribution in [1.82, 2.24) is 10.0 Å². The predicted molar refractivity (Wildman–Crippen MR) is 69.3 cm³/mol. The molecule has 1 saturated carbocycles. The summed E-state index contributed by atoms with van der Waals surface area (Å²) < 4.78 is 26.3. The standard InChI is InChI=1S/C11H15N3O4S/c15-14(16)10-3-1-2-4-11(10)19(17,18)13-8-7-12-9-5-6-9/h1-4,9,12-13H,5-8H2. The van der Waals surface area contributed by atoms with Crippen LogP contribution < -0.4 is 10.0 Å². The van der Waals surface area contributed by atoms with Crippen LogP contribution in [0.15, 0.2) is 29.2 Å². The molecule has 0 spiro atoms. The Labute approximate surface area is 111 Å². The lowest BCUT2D eigenvalue weighted by molar-refractivity contribution is -0.387. The van der Waals surface area contributed by atoms with Crippen molar-refractivity contribution in [3.8, 4) is 0 Å². The highest BCUT2D eigenvalue weighted by atomic mass is 32.2. The van der Waals surface area contributed by atoms with Gasteiger partial charge in [0.05, 0.1) is 4.92 Å². The molecule has 1 fully saturated rings. The molecule has 0 radical (unpaired) electrons. The molecule has 0 aliphatic heterocycles. The van der Waals surface area contributed by atoms with Crippen LogP contribution in [0, 0.1) is 10.1 Å². The fraction of sp³-hybridized carbons (Fsp3) is 0.455.